The smallest absolute Gasteiger partial charge is 0.335 e. The van der Waals surface area contributed by atoms with Gasteiger partial charge in [-0.25, -0.2) is 9.69 Å². The number of hydrogen-bond acceptors (Lipinski definition) is 6. The molecule has 1 N–H and O–H groups in total. The van der Waals surface area contributed by atoms with Gasteiger partial charge in [0, 0.05) is 15.6 Å². The van der Waals surface area contributed by atoms with Crippen molar-refractivity contribution < 1.29 is 28.6 Å². The fraction of sp³-hybridized carbons (Fsp3) is 0.0938. The quantitative estimate of drug-likeness (QED) is 0.110. The zero-order chi connectivity index (χ0) is 30.5. The number of imide groups is 2. The van der Waals surface area contributed by atoms with Crippen LogP contribution in [-0.2, 0) is 22.8 Å². The van der Waals surface area contributed by atoms with Crippen molar-refractivity contribution in [2.45, 2.75) is 13.2 Å². The molecular formula is C32H23Cl2IN2O6. The normalized spacial score (nSPS) is 14.1. The van der Waals surface area contributed by atoms with Crippen LogP contribution >= 0.6 is 45.8 Å². The molecule has 1 saturated heterocycles. The van der Waals surface area contributed by atoms with E-state index in [4.69, 9.17) is 37.4 Å². The Balaban J connectivity index is 1.34. The largest absolute Gasteiger partial charge is 0.493 e. The van der Waals surface area contributed by atoms with Crippen molar-refractivity contribution in [1.29, 1.82) is 0 Å². The van der Waals surface area contributed by atoms with E-state index in [9.17, 15) is 14.4 Å². The van der Waals surface area contributed by atoms with Crippen LogP contribution in [0.1, 0.15) is 16.7 Å². The van der Waals surface area contributed by atoms with Gasteiger partial charge in [-0.05, 0) is 94.4 Å². The van der Waals surface area contributed by atoms with E-state index in [1.54, 1.807) is 54.6 Å². The zero-order valence-corrected chi connectivity index (χ0v) is 26.3. The number of halogens is 3. The number of carbonyl (C=O) groups is 3. The Bertz CT molecular complexity index is 1740. The van der Waals surface area contributed by atoms with Crippen molar-refractivity contribution in [3.63, 3.8) is 0 Å². The van der Waals surface area contributed by atoms with Crippen molar-refractivity contribution in [3.05, 3.63) is 121 Å². The molecule has 0 unspecified atom stereocenters. The maximum absolute atomic E-state index is 13.4. The summed E-state index contributed by atoms with van der Waals surface area (Å²) in [5.74, 6) is -0.155. The number of anilines is 1. The lowest BCUT2D eigenvalue weighted by Crippen LogP contribution is -2.54. The highest BCUT2D eigenvalue weighted by atomic mass is 127. The highest BCUT2D eigenvalue weighted by Crippen LogP contribution is 2.36. The number of hydrogen-bond donors (Lipinski definition) is 1. The van der Waals surface area contributed by atoms with Gasteiger partial charge in [-0.3, -0.25) is 14.9 Å². The summed E-state index contributed by atoms with van der Waals surface area (Å²) >= 11 is 14.4. The molecule has 4 aromatic carbocycles. The van der Waals surface area contributed by atoms with Gasteiger partial charge in [0.15, 0.2) is 11.5 Å². The molecule has 11 heteroatoms. The second kappa shape index (κ2) is 13.5. The number of amides is 4. The minimum atomic E-state index is -0.853. The lowest BCUT2D eigenvalue weighted by atomic mass is 10.1. The van der Waals surface area contributed by atoms with Gasteiger partial charge in [-0.15, -0.1) is 0 Å². The molecule has 0 saturated carbocycles. The Hall–Kier alpha value is -4.06. The maximum atomic E-state index is 13.4. The standard InChI is InChI=1S/C32H23Cl2IN2O6/c1-41-28-16-20(15-27(35)29(28)43-17-19-5-4-7-22(33)13-19)14-25-30(38)36-32(40)37(31(25)39)23-9-11-24(12-10-23)42-18-21-6-2-3-8-26(21)34/h2-16H,17-18H2,1H3,(H,36,38,40)/b25-14+. The van der Waals surface area contributed by atoms with E-state index in [1.807, 2.05) is 30.3 Å². The van der Waals surface area contributed by atoms with Gasteiger partial charge in [-0.1, -0.05) is 53.5 Å². The molecule has 5 rings (SSSR count). The van der Waals surface area contributed by atoms with Crippen molar-refractivity contribution in [2.75, 3.05) is 12.0 Å². The van der Waals surface area contributed by atoms with Crippen LogP contribution in [0, 0.1) is 3.57 Å². The molecule has 0 radical (unpaired) electrons. The molecule has 4 amide bonds. The SMILES string of the molecule is COc1cc(/C=C2\C(=O)NC(=O)N(c3ccc(OCc4ccccc4Cl)cc3)C2=O)cc(I)c1OCc1cccc(Cl)c1. The van der Waals surface area contributed by atoms with E-state index < -0.39 is 17.8 Å². The van der Waals surface area contributed by atoms with Crippen LogP contribution < -0.4 is 24.4 Å². The molecule has 0 aromatic heterocycles. The Morgan fingerprint density at radius 1 is 0.884 bits per heavy atom. The van der Waals surface area contributed by atoms with Crippen LogP contribution in [0.3, 0.4) is 0 Å². The summed E-state index contributed by atoms with van der Waals surface area (Å²) in [6.45, 7) is 0.505. The number of benzene rings is 4. The average molecular weight is 729 g/mol. The molecule has 0 aliphatic carbocycles. The van der Waals surface area contributed by atoms with Crippen LogP contribution in [0.4, 0.5) is 10.5 Å². The van der Waals surface area contributed by atoms with Crippen molar-refractivity contribution >= 4 is 75.4 Å². The Labute approximate surface area is 271 Å². The first-order chi connectivity index (χ1) is 20.7. The Kier molecular flexibility index (Phi) is 9.54. The summed E-state index contributed by atoms with van der Waals surface area (Å²) < 4.78 is 18.0. The predicted octanol–water partition coefficient (Wildman–Crippen LogP) is 7.43. The fourth-order valence-corrected chi connectivity index (χ4v) is 5.46. The van der Waals surface area contributed by atoms with Gasteiger partial charge in [-0.2, -0.15) is 0 Å². The third-order valence-corrected chi connectivity index (χ3v) is 7.79. The van der Waals surface area contributed by atoms with Crippen LogP contribution in [-0.4, -0.2) is 25.0 Å². The molecule has 0 spiro atoms. The second-order valence-corrected chi connectivity index (χ2v) is 11.3. The van der Waals surface area contributed by atoms with E-state index in [-0.39, 0.29) is 24.5 Å². The van der Waals surface area contributed by atoms with Crippen molar-refractivity contribution in [2.24, 2.45) is 0 Å². The molecule has 0 atom stereocenters. The summed E-state index contributed by atoms with van der Waals surface area (Å²) in [5, 5.41) is 3.43. The van der Waals surface area contributed by atoms with E-state index in [0.29, 0.717) is 36.4 Å². The minimum absolute atomic E-state index is 0.218. The molecule has 218 valence electrons. The van der Waals surface area contributed by atoms with Gasteiger partial charge in [0.25, 0.3) is 11.8 Å². The Morgan fingerprint density at radius 2 is 1.65 bits per heavy atom. The zero-order valence-electron chi connectivity index (χ0n) is 22.6. The highest BCUT2D eigenvalue weighted by Gasteiger charge is 2.37. The lowest BCUT2D eigenvalue weighted by molar-refractivity contribution is -0.122. The van der Waals surface area contributed by atoms with Crippen LogP contribution in [0.15, 0.2) is 90.5 Å². The number of ether oxygens (including phenoxy) is 3. The molecule has 1 aliphatic heterocycles. The molecule has 4 aromatic rings. The summed E-state index contributed by atoms with van der Waals surface area (Å²) in [5.41, 5.74) is 2.25. The molecule has 0 bridgehead atoms. The van der Waals surface area contributed by atoms with Crippen molar-refractivity contribution in [3.8, 4) is 17.2 Å². The van der Waals surface area contributed by atoms with Crippen LogP contribution in [0.25, 0.3) is 6.08 Å². The Morgan fingerprint density at radius 3 is 2.37 bits per heavy atom. The molecular weight excluding hydrogens is 706 g/mol. The van der Waals surface area contributed by atoms with Gasteiger partial charge in [0.05, 0.1) is 16.4 Å². The van der Waals surface area contributed by atoms with E-state index in [2.05, 4.69) is 27.9 Å². The first kappa shape index (κ1) is 30.4. The third kappa shape index (κ3) is 7.12. The average Bonchev–Trinajstić information content (AvgIpc) is 2.98. The first-order valence-electron chi connectivity index (χ1n) is 12.9. The second-order valence-electron chi connectivity index (χ2n) is 9.28. The van der Waals surface area contributed by atoms with Crippen molar-refractivity contribution in [1.82, 2.24) is 5.32 Å². The molecule has 1 heterocycles. The van der Waals surface area contributed by atoms with Crippen LogP contribution in [0.2, 0.25) is 10.0 Å². The monoisotopic (exact) mass is 728 g/mol. The lowest BCUT2D eigenvalue weighted by Gasteiger charge is -2.26. The summed E-state index contributed by atoms with van der Waals surface area (Å²) in [6.07, 6.45) is 1.41. The first-order valence-corrected chi connectivity index (χ1v) is 14.7. The number of barbiturate groups is 1. The predicted molar refractivity (Wildman–Crippen MR) is 173 cm³/mol. The van der Waals surface area contributed by atoms with E-state index in [0.717, 1.165) is 16.0 Å². The summed E-state index contributed by atoms with van der Waals surface area (Å²) in [4.78, 5) is 39.8. The third-order valence-electron chi connectivity index (χ3n) is 6.38. The maximum Gasteiger partial charge on any atom is 0.335 e. The molecule has 1 fully saturated rings. The number of methoxy groups -OCH3 is 1. The highest BCUT2D eigenvalue weighted by molar-refractivity contribution is 14.1. The molecule has 43 heavy (non-hydrogen) atoms. The van der Waals surface area contributed by atoms with E-state index in [1.165, 1.54) is 13.2 Å². The number of carbonyl (C=O) groups excluding carboxylic acids is 3. The number of urea groups is 1. The molecule has 8 nitrogen and oxygen atoms in total. The van der Waals surface area contributed by atoms with Gasteiger partial charge < -0.3 is 14.2 Å². The van der Waals surface area contributed by atoms with Crippen LogP contribution in [0.5, 0.6) is 17.2 Å². The number of nitrogens with zero attached hydrogens (tertiary/aromatic N) is 1. The minimum Gasteiger partial charge on any atom is -0.493 e. The molecule has 1 aliphatic rings. The topological polar surface area (TPSA) is 94.2 Å². The van der Waals surface area contributed by atoms with E-state index >= 15 is 0 Å². The number of rotatable bonds is 9. The fourth-order valence-electron chi connectivity index (χ4n) is 4.27. The van der Waals surface area contributed by atoms with Gasteiger partial charge >= 0.3 is 6.03 Å². The summed E-state index contributed by atoms with van der Waals surface area (Å²) in [7, 11) is 1.50. The summed E-state index contributed by atoms with van der Waals surface area (Å²) in [6, 6.07) is 23.6. The number of nitrogens with one attached hydrogen (secondary N) is 1. The van der Waals surface area contributed by atoms with Gasteiger partial charge in [0.2, 0.25) is 0 Å². The van der Waals surface area contributed by atoms with Gasteiger partial charge in [0.1, 0.15) is 24.5 Å².